The van der Waals surface area contributed by atoms with E-state index in [0.717, 1.165) is 31.9 Å². The molecule has 0 radical (unpaired) electrons. The molecular weight excluding hydrogens is 387 g/mol. The van der Waals surface area contributed by atoms with Crippen LogP contribution in [-0.4, -0.2) is 77.2 Å². The number of hydrogen-bond donors (Lipinski definition) is 1. The molecule has 0 amide bonds. The van der Waals surface area contributed by atoms with Crippen LogP contribution >= 0.6 is 24.8 Å². The minimum Gasteiger partial charge on any atom is -0.397 e. The summed E-state index contributed by atoms with van der Waals surface area (Å²) < 4.78 is 32.0. The van der Waals surface area contributed by atoms with Gasteiger partial charge in [-0.25, -0.2) is 8.42 Å². The third kappa shape index (κ3) is 4.90. The molecule has 25 heavy (non-hydrogen) atoms. The maximum absolute atomic E-state index is 12.7. The fraction of sp³-hybridized carbons (Fsp3) is 0.600. The second-order valence-corrected chi connectivity index (χ2v) is 7.97. The molecule has 0 unspecified atom stereocenters. The SMILES string of the molecule is CN1CCN(c2ccc(S(=O)(=O)N3CCOCC3)cc2N)CC1.Cl.Cl. The van der Waals surface area contributed by atoms with Crippen molar-refractivity contribution in [2.75, 3.05) is 70.2 Å². The van der Waals surface area contributed by atoms with Crippen molar-refractivity contribution in [1.82, 2.24) is 9.21 Å². The van der Waals surface area contributed by atoms with Crippen LogP contribution in [-0.2, 0) is 14.8 Å². The van der Waals surface area contributed by atoms with Crippen LogP contribution in [0.25, 0.3) is 0 Å². The lowest BCUT2D eigenvalue weighted by atomic mass is 10.2. The van der Waals surface area contributed by atoms with E-state index in [1.54, 1.807) is 12.1 Å². The number of halogens is 2. The third-order valence-electron chi connectivity index (χ3n) is 4.45. The highest BCUT2D eigenvalue weighted by Gasteiger charge is 2.27. The number of nitrogens with two attached hydrogens (primary N) is 1. The van der Waals surface area contributed by atoms with Gasteiger partial charge in [0, 0.05) is 39.3 Å². The Kier molecular flexibility index (Phi) is 8.24. The van der Waals surface area contributed by atoms with Crippen LogP contribution < -0.4 is 10.6 Å². The van der Waals surface area contributed by atoms with Crippen molar-refractivity contribution >= 4 is 46.2 Å². The number of rotatable bonds is 3. The summed E-state index contributed by atoms with van der Waals surface area (Å²) in [6.07, 6.45) is 0. The summed E-state index contributed by atoms with van der Waals surface area (Å²) in [6.45, 7) is 5.42. The van der Waals surface area contributed by atoms with E-state index in [1.165, 1.54) is 4.31 Å². The van der Waals surface area contributed by atoms with E-state index < -0.39 is 10.0 Å². The Balaban J connectivity index is 0.00000156. The molecule has 2 aliphatic rings. The lowest BCUT2D eigenvalue weighted by Crippen LogP contribution is -2.44. The summed E-state index contributed by atoms with van der Waals surface area (Å²) in [4.78, 5) is 4.74. The summed E-state index contributed by atoms with van der Waals surface area (Å²) >= 11 is 0. The Hall–Kier alpha value is -0.770. The average Bonchev–Trinajstić information content (AvgIpc) is 2.56. The quantitative estimate of drug-likeness (QED) is 0.742. The number of anilines is 2. The number of hydrogen-bond acceptors (Lipinski definition) is 6. The first kappa shape index (κ1) is 22.3. The van der Waals surface area contributed by atoms with Gasteiger partial charge in [-0.1, -0.05) is 0 Å². The molecule has 2 N–H and O–H groups in total. The molecule has 2 heterocycles. The highest BCUT2D eigenvalue weighted by atomic mass is 35.5. The van der Waals surface area contributed by atoms with E-state index in [1.807, 2.05) is 6.07 Å². The first-order valence-corrected chi connectivity index (χ1v) is 9.33. The summed E-state index contributed by atoms with van der Waals surface area (Å²) in [5, 5.41) is 0. The van der Waals surface area contributed by atoms with Gasteiger partial charge in [-0.3, -0.25) is 0 Å². The van der Waals surface area contributed by atoms with Crippen LogP contribution in [0.1, 0.15) is 0 Å². The van der Waals surface area contributed by atoms with Crippen LogP contribution in [0.15, 0.2) is 23.1 Å². The predicted octanol–water partition coefficient (Wildman–Crippen LogP) is 0.885. The lowest BCUT2D eigenvalue weighted by molar-refractivity contribution is 0.0730. The highest BCUT2D eigenvalue weighted by molar-refractivity contribution is 7.89. The van der Waals surface area contributed by atoms with Gasteiger partial charge in [0.15, 0.2) is 0 Å². The van der Waals surface area contributed by atoms with Crippen molar-refractivity contribution in [2.24, 2.45) is 0 Å². The number of piperazine rings is 1. The molecule has 0 atom stereocenters. The Morgan fingerprint density at radius 1 is 1.00 bits per heavy atom. The van der Waals surface area contributed by atoms with Gasteiger partial charge < -0.3 is 20.3 Å². The minimum absolute atomic E-state index is 0. The van der Waals surface area contributed by atoms with Gasteiger partial charge in [0.05, 0.1) is 29.5 Å². The normalized spacial score (nSPS) is 19.8. The fourth-order valence-electron chi connectivity index (χ4n) is 2.96. The molecule has 2 aliphatic heterocycles. The number of morpholine rings is 1. The second-order valence-electron chi connectivity index (χ2n) is 6.03. The Labute approximate surface area is 162 Å². The maximum Gasteiger partial charge on any atom is 0.243 e. The number of nitrogens with zero attached hydrogens (tertiary/aromatic N) is 3. The average molecular weight is 413 g/mol. The second kappa shape index (κ2) is 9.25. The molecule has 0 aliphatic carbocycles. The van der Waals surface area contributed by atoms with Gasteiger partial charge in [0.1, 0.15) is 0 Å². The van der Waals surface area contributed by atoms with Crippen molar-refractivity contribution in [3.05, 3.63) is 18.2 Å². The van der Waals surface area contributed by atoms with Crippen LogP contribution in [0.4, 0.5) is 11.4 Å². The lowest BCUT2D eigenvalue weighted by Gasteiger charge is -2.35. The fourth-order valence-corrected chi connectivity index (χ4v) is 4.41. The monoisotopic (exact) mass is 412 g/mol. The number of sulfonamides is 1. The van der Waals surface area contributed by atoms with E-state index in [0.29, 0.717) is 32.0 Å². The maximum atomic E-state index is 12.7. The molecule has 0 spiro atoms. The topological polar surface area (TPSA) is 79.1 Å². The molecule has 3 rings (SSSR count). The first-order valence-electron chi connectivity index (χ1n) is 7.89. The van der Waals surface area contributed by atoms with E-state index >= 15 is 0 Å². The largest absolute Gasteiger partial charge is 0.397 e. The predicted molar refractivity (Wildman–Crippen MR) is 105 cm³/mol. The molecule has 144 valence electrons. The first-order chi connectivity index (χ1) is 11.0. The molecule has 2 saturated heterocycles. The molecule has 1 aromatic rings. The van der Waals surface area contributed by atoms with Crippen molar-refractivity contribution in [1.29, 1.82) is 0 Å². The zero-order valence-corrected chi connectivity index (χ0v) is 16.7. The Bertz CT molecular complexity index is 661. The van der Waals surface area contributed by atoms with Crippen molar-refractivity contribution in [3.8, 4) is 0 Å². The third-order valence-corrected chi connectivity index (χ3v) is 6.35. The number of nitrogen functional groups attached to an aromatic ring is 1. The molecule has 10 heteroatoms. The molecule has 0 aromatic heterocycles. The Morgan fingerprint density at radius 2 is 1.60 bits per heavy atom. The van der Waals surface area contributed by atoms with Gasteiger partial charge in [0.2, 0.25) is 10.0 Å². The van der Waals surface area contributed by atoms with Gasteiger partial charge in [-0.15, -0.1) is 24.8 Å². The molecule has 0 bridgehead atoms. The van der Waals surface area contributed by atoms with Gasteiger partial charge in [-0.2, -0.15) is 4.31 Å². The number of likely N-dealkylation sites (N-methyl/N-ethyl adjacent to an activating group) is 1. The van der Waals surface area contributed by atoms with Crippen molar-refractivity contribution < 1.29 is 13.2 Å². The van der Waals surface area contributed by atoms with E-state index in [9.17, 15) is 8.42 Å². The van der Waals surface area contributed by atoms with E-state index in [-0.39, 0.29) is 29.7 Å². The van der Waals surface area contributed by atoms with Crippen LogP contribution in [0.5, 0.6) is 0 Å². The summed E-state index contributed by atoms with van der Waals surface area (Å²) in [6, 6.07) is 5.07. The van der Waals surface area contributed by atoms with E-state index in [2.05, 4.69) is 16.8 Å². The van der Waals surface area contributed by atoms with Gasteiger partial charge in [0.25, 0.3) is 0 Å². The summed E-state index contributed by atoms with van der Waals surface area (Å²) in [5.41, 5.74) is 7.58. The van der Waals surface area contributed by atoms with Crippen LogP contribution in [0.3, 0.4) is 0 Å². The highest BCUT2D eigenvalue weighted by Crippen LogP contribution is 2.28. The van der Waals surface area contributed by atoms with Crippen molar-refractivity contribution in [2.45, 2.75) is 4.90 Å². The molecule has 2 fully saturated rings. The molecule has 1 aromatic carbocycles. The van der Waals surface area contributed by atoms with Gasteiger partial charge in [-0.05, 0) is 25.2 Å². The number of benzene rings is 1. The van der Waals surface area contributed by atoms with Crippen LogP contribution in [0, 0.1) is 0 Å². The van der Waals surface area contributed by atoms with Crippen LogP contribution in [0.2, 0.25) is 0 Å². The zero-order chi connectivity index (χ0) is 16.4. The van der Waals surface area contributed by atoms with Crippen molar-refractivity contribution in [3.63, 3.8) is 0 Å². The summed E-state index contributed by atoms with van der Waals surface area (Å²) in [5.74, 6) is 0. The molecule has 7 nitrogen and oxygen atoms in total. The minimum atomic E-state index is -3.49. The summed E-state index contributed by atoms with van der Waals surface area (Å²) in [7, 11) is -1.40. The standard InChI is InChI=1S/C15H24N4O3S.2ClH/c1-17-4-6-18(7-5-17)15-3-2-13(12-14(15)16)23(20,21)19-8-10-22-11-9-19;;/h2-3,12H,4-11,16H2,1H3;2*1H. The van der Waals surface area contributed by atoms with Gasteiger partial charge >= 0.3 is 0 Å². The Morgan fingerprint density at radius 3 is 2.16 bits per heavy atom. The molecular formula is C15H26Cl2N4O3S. The smallest absolute Gasteiger partial charge is 0.243 e. The zero-order valence-electron chi connectivity index (χ0n) is 14.3. The number of ether oxygens (including phenoxy) is 1. The van der Waals surface area contributed by atoms with E-state index in [4.69, 9.17) is 10.5 Å². The molecule has 0 saturated carbocycles.